The van der Waals surface area contributed by atoms with Crippen LogP contribution in [0.15, 0.2) is 78.9 Å². The SMILES string of the molecule is CCC(C)(C)NC(=O)C(c1ccccc1)N(C(=O)Cn1nnc2ccccc21)c1ccccc1F. The predicted molar refractivity (Wildman–Crippen MR) is 133 cm³/mol. The third-order valence-electron chi connectivity index (χ3n) is 6.05. The first-order valence-corrected chi connectivity index (χ1v) is 11.5. The zero-order valence-corrected chi connectivity index (χ0v) is 20.0. The molecule has 2 amide bonds. The molecule has 1 aromatic heterocycles. The molecule has 3 aromatic carbocycles. The van der Waals surface area contributed by atoms with Gasteiger partial charge in [-0.3, -0.25) is 14.5 Å². The third kappa shape index (κ3) is 5.21. The van der Waals surface area contributed by atoms with Gasteiger partial charge in [0.25, 0.3) is 0 Å². The quantitative estimate of drug-likeness (QED) is 0.404. The van der Waals surface area contributed by atoms with Gasteiger partial charge in [-0.1, -0.05) is 66.7 Å². The number of carbonyl (C=O) groups is 2. The number of hydrogen-bond donors (Lipinski definition) is 1. The molecule has 0 aliphatic carbocycles. The molecule has 180 valence electrons. The van der Waals surface area contributed by atoms with E-state index in [9.17, 15) is 9.59 Å². The first kappa shape index (κ1) is 24.1. The number of aromatic nitrogens is 3. The summed E-state index contributed by atoms with van der Waals surface area (Å²) in [4.78, 5) is 28.8. The lowest BCUT2D eigenvalue weighted by molar-refractivity contribution is -0.128. The molecular weight excluding hydrogens is 445 g/mol. The maximum absolute atomic E-state index is 15.1. The molecule has 0 aliphatic rings. The summed E-state index contributed by atoms with van der Waals surface area (Å²) in [6.07, 6.45) is 0.679. The van der Waals surface area contributed by atoms with Crippen LogP contribution in [0.5, 0.6) is 0 Å². The second-order valence-electron chi connectivity index (χ2n) is 8.99. The molecule has 1 N–H and O–H groups in total. The molecule has 0 radical (unpaired) electrons. The van der Waals surface area contributed by atoms with E-state index in [2.05, 4.69) is 15.6 Å². The molecule has 8 heteroatoms. The number of amides is 2. The van der Waals surface area contributed by atoms with Crippen LogP contribution in [0, 0.1) is 5.82 Å². The highest BCUT2D eigenvalue weighted by atomic mass is 19.1. The normalized spacial score (nSPS) is 12.3. The highest BCUT2D eigenvalue weighted by Crippen LogP contribution is 2.31. The van der Waals surface area contributed by atoms with Gasteiger partial charge in [0.2, 0.25) is 11.8 Å². The zero-order chi connectivity index (χ0) is 25.0. The van der Waals surface area contributed by atoms with Crippen molar-refractivity contribution < 1.29 is 14.0 Å². The molecule has 35 heavy (non-hydrogen) atoms. The van der Waals surface area contributed by atoms with Crippen LogP contribution < -0.4 is 10.2 Å². The van der Waals surface area contributed by atoms with Crippen molar-refractivity contribution in [1.82, 2.24) is 20.3 Å². The lowest BCUT2D eigenvalue weighted by Crippen LogP contribution is -2.51. The number of nitrogens with one attached hydrogen (secondary N) is 1. The molecule has 4 aromatic rings. The largest absolute Gasteiger partial charge is 0.349 e. The average molecular weight is 474 g/mol. The van der Waals surface area contributed by atoms with E-state index in [4.69, 9.17) is 0 Å². The summed E-state index contributed by atoms with van der Waals surface area (Å²) in [6, 6.07) is 21.0. The van der Waals surface area contributed by atoms with Crippen LogP contribution in [0.1, 0.15) is 38.8 Å². The van der Waals surface area contributed by atoms with E-state index in [0.717, 1.165) is 0 Å². The highest BCUT2D eigenvalue weighted by Gasteiger charge is 2.36. The summed E-state index contributed by atoms with van der Waals surface area (Å²) in [5.41, 5.74) is 1.37. The molecule has 0 bridgehead atoms. The summed E-state index contributed by atoms with van der Waals surface area (Å²) in [6.45, 7) is 5.56. The Morgan fingerprint density at radius 1 is 1.00 bits per heavy atom. The predicted octanol–water partition coefficient (Wildman–Crippen LogP) is 4.65. The number of nitrogens with zero attached hydrogens (tertiary/aromatic N) is 4. The lowest BCUT2D eigenvalue weighted by atomic mass is 9.98. The number of fused-ring (bicyclic) bond motifs is 1. The Labute approximate surface area is 203 Å². The van der Waals surface area contributed by atoms with Crippen molar-refractivity contribution in [1.29, 1.82) is 0 Å². The second-order valence-corrected chi connectivity index (χ2v) is 8.99. The summed E-state index contributed by atoms with van der Waals surface area (Å²) in [5, 5.41) is 11.2. The van der Waals surface area contributed by atoms with Gasteiger partial charge >= 0.3 is 0 Å². The first-order valence-electron chi connectivity index (χ1n) is 11.5. The van der Waals surface area contributed by atoms with Crippen molar-refractivity contribution in [3.05, 3.63) is 90.2 Å². The van der Waals surface area contributed by atoms with Gasteiger partial charge in [0.1, 0.15) is 23.9 Å². The Bertz CT molecular complexity index is 1340. The number of carbonyl (C=O) groups excluding carboxylic acids is 2. The smallest absolute Gasteiger partial charge is 0.249 e. The minimum absolute atomic E-state index is 0.0141. The Morgan fingerprint density at radius 3 is 2.37 bits per heavy atom. The molecule has 4 rings (SSSR count). The average Bonchev–Trinajstić information content (AvgIpc) is 3.26. The lowest BCUT2D eigenvalue weighted by Gasteiger charge is -2.34. The molecule has 0 saturated carbocycles. The van der Waals surface area contributed by atoms with Crippen LogP contribution in [0.2, 0.25) is 0 Å². The van der Waals surface area contributed by atoms with Crippen LogP contribution in [0.25, 0.3) is 11.0 Å². The zero-order valence-electron chi connectivity index (χ0n) is 20.0. The van der Waals surface area contributed by atoms with E-state index in [1.54, 1.807) is 48.5 Å². The minimum atomic E-state index is -1.10. The molecular formula is C27H28FN5O2. The van der Waals surface area contributed by atoms with Crippen LogP contribution in [0.4, 0.5) is 10.1 Å². The first-order chi connectivity index (χ1) is 16.8. The maximum atomic E-state index is 15.1. The Balaban J connectivity index is 1.82. The Hall–Kier alpha value is -4.07. The number of hydrogen-bond acceptors (Lipinski definition) is 4. The molecule has 7 nitrogen and oxygen atoms in total. The molecule has 0 saturated heterocycles. The van der Waals surface area contributed by atoms with E-state index in [1.165, 1.54) is 21.7 Å². The van der Waals surface area contributed by atoms with Gasteiger partial charge in [-0.2, -0.15) is 0 Å². The molecule has 1 heterocycles. The number of rotatable bonds is 8. The van der Waals surface area contributed by atoms with Gasteiger partial charge in [-0.25, -0.2) is 9.07 Å². The minimum Gasteiger partial charge on any atom is -0.349 e. The third-order valence-corrected chi connectivity index (χ3v) is 6.05. The Morgan fingerprint density at radius 2 is 1.66 bits per heavy atom. The highest BCUT2D eigenvalue weighted by molar-refractivity contribution is 6.01. The van der Waals surface area contributed by atoms with Crippen molar-refractivity contribution in [3.8, 4) is 0 Å². The molecule has 0 spiro atoms. The number of para-hydroxylation sites is 2. The van der Waals surface area contributed by atoms with Gasteiger partial charge < -0.3 is 5.32 Å². The fraction of sp³-hybridized carbons (Fsp3) is 0.259. The second kappa shape index (κ2) is 10.0. The van der Waals surface area contributed by atoms with E-state index in [-0.39, 0.29) is 12.2 Å². The van der Waals surface area contributed by atoms with Crippen molar-refractivity contribution in [2.24, 2.45) is 0 Å². The topological polar surface area (TPSA) is 80.1 Å². The van der Waals surface area contributed by atoms with Crippen LogP contribution >= 0.6 is 0 Å². The van der Waals surface area contributed by atoms with Gasteiger partial charge in [-0.05, 0) is 50.1 Å². The summed E-state index contributed by atoms with van der Waals surface area (Å²) in [7, 11) is 0. The van der Waals surface area contributed by atoms with Crippen molar-refractivity contribution >= 4 is 28.5 Å². The molecule has 0 aliphatic heterocycles. The fourth-order valence-electron chi connectivity index (χ4n) is 3.85. The van der Waals surface area contributed by atoms with Gasteiger partial charge in [-0.15, -0.1) is 5.10 Å². The number of anilines is 1. The van der Waals surface area contributed by atoms with Crippen LogP contribution in [0.3, 0.4) is 0 Å². The standard InChI is InChI=1S/C27H28FN5O2/c1-4-27(2,3)29-26(35)25(19-12-6-5-7-13-19)33(22-16-10-8-14-20(22)28)24(34)18-32-23-17-11-9-15-21(23)30-31-32/h5-17,25H,4,18H2,1-3H3,(H,29,35). The van der Waals surface area contributed by atoms with Gasteiger partial charge in [0, 0.05) is 5.54 Å². The summed E-state index contributed by atoms with van der Waals surface area (Å²) in [5.74, 6) is -1.50. The van der Waals surface area contributed by atoms with Gasteiger partial charge in [0.05, 0.1) is 11.2 Å². The maximum Gasteiger partial charge on any atom is 0.249 e. The van der Waals surface area contributed by atoms with Crippen molar-refractivity contribution in [3.63, 3.8) is 0 Å². The fourth-order valence-corrected chi connectivity index (χ4v) is 3.85. The molecule has 1 atom stereocenters. The Kier molecular flexibility index (Phi) is 6.91. The molecule has 1 unspecified atom stereocenters. The van der Waals surface area contributed by atoms with Crippen LogP contribution in [-0.4, -0.2) is 32.3 Å². The monoisotopic (exact) mass is 473 g/mol. The van der Waals surface area contributed by atoms with E-state index in [1.807, 2.05) is 39.0 Å². The van der Waals surface area contributed by atoms with Crippen LogP contribution in [-0.2, 0) is 16.1 Å². The van der Waals surface area contributed by atoms with Crippen molar-refractivity contribution in [2.45, 2.75) is 45.3 Å². The van der Waals surface area contributed by atoms with Crippen molar-refractivity contribution in [2.75, 3.05) is 4.90 Å². The van der Waals surface area contributed by atoms with E-state index >= 15 is 4.39 Å². The van der Waals surface area contributed by atoms with E-state index < -0.39 is 29.2 Å². The summed E-state index contributed by atoms with van der Waals surface area (Å²) < 4.78 is 16.6. The summed E-state index contributed by atoms with van der Waals surface area (Å²) >= 11 is 0. The van der Waals surface area contributed by atoms with Gasteiger partial charge in [0.15, 0.2) is 0 Å². The number of halogens is 1. The molecule has 0 fully saturated rings. The van der Waals surface area contributed by atoms with E-state index in [0.29, 0.717) is 23.0 Å². The number of benzene rings is 3.